The average molecular weight is 395 g/mol. The van der Waals surface area contributed by atoms with Crippen molar-refractivity contribution < 1.29 is 9.53 Å². The summed E-state index contributed by atoms with van der Waals surface area (Å²) in [5.41, 5.74) is 1.49. The number of ether oxygens (including phenoxy) is 1. The number of morpholine rings is 1. The molecule has 5 fully saturated rings. The molecule has 2 atom stereocenters. The molecule has 0 radical (unpaired) electrons. The Morgan fingerprint density at radius 1 is 1.24 bits per heavy atom. The van der Waals surface area contributed by atoms with Crippen molar-refractivity contribution in [1.82, 2.24) is 15.2 Å². The Morgan fingerprint density at radius 3 is 2.59 bits per heavy atom. The summed E-state index contributed by atoms with van der Waals surface area (Å²) in [5, 5.41) is 12.3. The quantitative estimate of drug-likeness (QED) is 0.849. The Morgan fingerprint density at radius 2 is 1.97 bits per heavy atom. The number of nitrogens with zero attached hydrogens (tertiary/aromatic N) is 3. The molecule has 4 aliphatic carbocycles. The molecule has 0 aromatic carbocycles. The summed E-state index contributed by atoms with van der Waals surface area (Å²) < 4.78 is 5.87. The predicted molar refractivity (Wildman–Crippen MR) is 108 cm³/mol. The Bertz CT molecular complexity index is 774. The highest BCUT2D eigenvalue weighted by Gasteiger charge is 2.49. The first kappa shape index (κ1) is 19.0. The fourth-order valence-electron chi connectivity index (χ4n) is 6.53. The van der Waals surface area contributed by atoms with Crippen LogP contribution in [0.15, 0.2) is 18.3 Å². The van der Waals surface area contributed by atoms with Gasteiger partial charge < -0.3 is 10.1 Å². The van der Waals surface area contributed by atoms with E-state index in [0.717, 1.165) is 23.9 Å². The van der Waals surface area contributed by atoms with E-state index in [9.17, 15) is 4.79 Å². The second-order valence-electron chi connectivity index (χ2n) is 9.58. The first-order valence-corrected chi connectivity index (χ1v) is 11.1. The van der Waals surface area contributed by atoms with Crippen LogP contribution in [0.5, 0.6) is 0 Å². The van der Waals surface area contributed by atoms with Crippen molar-refractivity contribution in [2.45, 2.75) is 57.2 Å². The fraction of sp³-hybridized carbons (Fsp3) is 0.696. The summed E-state index contributed by atoms with van der Waals surface area (Å²) in [7, 11) is 0. The summed E-state index contributed by atoms with van der Waals surface area (Å²) in [6, 6.07) is 6.26. The molecule has 0 spiro atoms. The van der Waals surface area contributed by atoms with Crippen molar-refractivity contribution in [2.24, 2.45) is 23.7 Å². The Balaban J connectivity index is 1.21. The van der Waals surface area contributed by atoms with E-state index in [1.807, 2.05) is 6.07 Å². The smallest absolute Gasteiger partial charge is 0.250 e. The minimum atomic E-state index is -0.408. The van der Waals surface area contributed by atoms with Crippen LogP contribution in [0.2, 0.25) is 0 Å². The molecule has 1 aromatic rings. The summed E-state index contributed by atoms with van der Waals surface area (Å²) in [6.45, 7) is 4.08. The molecule has 1 aromatic heterocycles. The third-order valence-corrected chi connectivity index (χ3v) is 7.86. The van der Waals surface area contributed by atoms with Crippen LogP contribution in [-0.2, 0) is 9.53 Å². The van der Waals surface area contributed by atoms with Crippen molar-refractivity contribution >= 4 is 5.91 Å². The maximum Gasteiger partial charge on any atom is 0.250 e. The van der Waals surface area contributed by atoms with Crippen molar-refractivity contribution in [2.75, 3.05) is 19.7 Å². The number of amides is 1. The van der Waals surface area contributed by atoms with Crippen molar-refractivity contribution in [3.8, 4) is 6.07 Å². The highest BCUT2D eigenvalue weighted by Crippen LogP contribution is 2.53. The maximum atomic E-state index is 13.1. The number of hydrogen-bond donors (Lipinski definition) is 1. The number of pyridine rings is 1. The lowest BCUT2D eigenvalue weighted by Gasteiger charge is -2.54. The van der Waals surface area contributed by atoms with Gasteiger partial charge in [0.2, 0.25) is 0 Å². The van der Waals surface area contributed by atoms with E-state index in [4.69, 9.17) is 10.00 Å². The van der Waals surface area contributed by atoms with Gasteiger partial charge in [0, 0.05) is 31.4 Å². The van der Waals surface area contributed by atoms with E-state index in [-0.39, 0.29) is 11.9 Å². The van der Waals surface area contributed by atoms with Gasteiger partial charge in [0.1, 0.15) is 17.9 Å². The van der Waals surface area contributed by atoms with E-state index < -0.39 is 6.10 Å². The van der Waals surface area contributed by atoms with Crippen LogP contribution in [0, 0.1) is 35.0 Å². The minimum absolute atomic E-state index is 0.0670. The Hall–Kier alpha value is -1.97. The van der Waals surface area contributed by atoms with Crippen LogP contribution in [0.3, 0.4) is 0 Å². The van der Waals surface area contributed by atoms with Crippen LogP contribution >= 0.6 is 0 Å². The molecule has 6 rings (SSSR count). The highest BCUT2D eigenvalue weighted by molar-refractivity contribution is 5.81. The van der Waals surface area contributed by atoms with Crippen molar-refractivity contribution in [3.05, 3.63) is 29.6 Å². The SMILES string of the molecule is CC(c1ccc(C#N)nc1)N1CCOC(C(=O)NC2C3CC4CC(C3)CC2C4)C1. The van der Waals surface area contributed by atoms with E-state index in [1.165, 1.54) is 32.1 Å². The van der Waals surface area contributed by atoms with Crippen LogP contribution < -0.4 is 5.32 Å². The number of carbonyl (C=O) groups excluding carboxylic acids is 1. The number of carbonyl (C=O) groups is 1. The standard InChI is InChI=1S/C23H30N4O2/c1-14(17-2-3-20(11-24)25-12-17)27-4-5-29-21(13-27)23(28)26-22-18-7-15-6-16(9-18)10-19(22)8-15/h2-3,12,14-16,18-19,21-22H,4-10,13H2,1H3,(H,26,28). The monoisotopic (exact) mass is 394 g/mol. The van der Waals surface area contributed by atoms with E-state index in [2.05, 4.69) is 28.2 Å². The molecular weight excluding hydrogens is 364 g/mol. The lowest BCUT2D eigenvalue weighted by Crippen LogP contribution is -2.59. The molecule has 1 aliphatic heterocycles. The molecule has 2 unspecified atom stereocenters. The van der Waals surface area contributed by atoms with Gasteiger partial charge in [-0.1, -0.05) is 6.07 Å². The van der Waals surface area contributed by atoms with Crippen LogP contribution in [0.4, 0.5) is 0 Å². The first-order chi connectivity index (χ1) is 14.1. The summed E-state index contributed by atoms with van der Waals surface area (Å²) in [6.07, 6.45) is 8.00. The molecule has 4 bridgehead atoms. The van der Waals surface area contributed by atoms with Gasteiger partial charge in [0.05, 0.1) is 6.61 Å². The highest BCUT2D eigenvalue weighted by atomic mass is 16.5. The summed E-state index contributed by atoms with van der Waals surface area (Å²) in [5.74, 6) is 3.25. The van der Waals surface area contributed by atoms with Gasteiger partial charge in [-0.3, -0.25) is 9.69 Å². The van der Waals surface area contributed by atoms with Gasteiger partial charge in [-0.05, 0) is 74.3 Å². The van der Waals surface area contributed by atoms with Crippen LogP contribution in [-0.4, -0.2) is 47.6 Å². The lowest BCUT2D eigenvalue weighted by molar-refractivity contribution is -0.143. The molecule has 6 nitrogen and oxygen atoms in total. The predicted octanol–water partition coefficient (Wildman–Crippen LogP) is 2.66. The molecule has 4 saturated carbocycles. The van der Waals surface area contributed by atoms with E-state index in [1.54, 1.807) is 12.3 Å². The van der Waals surface area contributed by atoms with E-state index >= 15 is 0 Å². The molecule has 154 valence electrons. The lowest BCUT2D eigenvalue weighted by atomic mass is 9.54. The van der Waals surface area contributed by atoms with Gasteiger partial charge in [0.15, 0.2) is 0 Å². The average Bonchev–Trinajstić information content (AvgIpc) is 2.75. The fourth-order valence-corrected chi connectivity index (χ4v) is 6.53. The summed E-state index contributed by atoms with van der Waals surface area (Å²) >= 11 is 0. The molecule has 6 heteroatoms. The van der Waals surface area contributed by atoms with Crippen molar-refractivity contribution in [3.63, 3.8) is 0 Å². The van der Waals surface area contributed by atoms with Crippen LogP contribution in [0.1, 0.15) is 56.3 Å². The second-order valence-corrected chi connectivity index (χ2v) is 9.58. The number of nitrogens with one attached hydrogen (secondary N) is 1. The molecule has 1 N–H and O–H groups in total. The second kappa shape index (κ2) is 7.70. The molecule has 2 heterocycles. The normalized spacial score (nSPS) is 37.1. The van der Waals surface area contributed by atoms with Crippen molar-refractivity contribution in [1.29, 1.82) is 5.26 Å². The zero-order valence-corrected chi connectivity index (χ0v) is 17.1. The minimum Gasteiger partial charge on any atom is -0.366 e. The Labute approximate surface area is 172 Å². The molecule has 1 amide bonds. The largest absolute Gasteiger partial charge is 0.366 e. The summed E-state index contributed by atoms with van der Waals surface area (Å²) in [4.78, 5) is 19.5. The molecular formula is C23H30N4O2. The number of rotatable bonds is 4. The number of aromatic nitrogens is 1. The first-order valence-electron chi connectivity index (χ1n) is 11.1. The van der Waals surface area contributed by atoms with E-state index in [0.29, 0.717) is 36.7 Å². The number of hydrogen-bond acceptors (Lipinski definition) is 5. The molecule has 5 aliphatic rings. The van der Waals surface area contributed by atoms with Gasteiger partial charge in [0.25, 0.3) is 5.91 Å². The molecule has 1 saturated heterocycles. The molecule has 29 heavy (non-hydrogen) atoms. The van der Waals surface area contributed by atoms with Gasteiger partial charge >= 0.3 is 0 Å². The van der Waals surface area contributed by atoms with Crippen LogP contribution in [0.25, 0.3) is 0 Å². The zero-order chi connectivity index (χ0) is 20.0. The Kier molecular flexibility index (Phi) is 5.05. The number of nitriles is 1. The topological polar surface area (TPSA) is 78.2 Å². The third-order valence-electron chi connectivity index (χ3n) is 7.86. The van der Waals surface area contributed by atoms with Gasteiger partial charge in [-0.15, -0.1) is 0 Å². The van der Waals surface area contributed by atoms with Gasteiger partial charge in [-0.25, -0.2) is 4.98 Å². The maximum absolute atomic E-state index is 13.1. The third kappa shape index (κ3) is 3.67. The van der Waals surface area contributed by atoms with Gasteiger partial charge in [-0.2, -0.15) is 5.26 Å². The zero-order valence-electron chi connectivity index (χ0n) is 17.1.